The van der Waals surface area contributed by atoms with Gasteiger partial charge in [0.05, 0.1) is 31.0 Å². The van der Waals surface area contributed by atoms with E-state index >= 15 is 0 Å². The fraction of sp³-hybridized carbons (Fsp3) is 0.421. The summed E-state index contributed by atoms with van der Waals surface area (Å²) in [5.41, 5.74) is 1.39. The monoisotopic (exact) mass is 376 g/mol. The fourth-order valence-corrected chi connectivity index (χ4v) is 2.54. The van der Waals surface area contributed by atoms with E-state index in [9.17, 15) is 14.4 Å². The highest BCUT2D eigenvalue weighted by Crippen LogP contribution is 2.19. The summed E-state index contributed by atoms with van der Waals surface area (Å²) < 4.78 is 15.7. The highest BCUT2D eigenvalue weighted by atomic mass is 16.5. The Morgan fingerprint density at radius 1 is 1.11 bits per heavy atom. The second-order valence-electron chi connectivity index (χ2n) is 5.69. The molecular formula is C19H24N2O6. The van der Waals surface area contributed by atoms with Crippen LogP contribution in [0.15, 0.2) is 35.5 Å². The maximum atomic E-state index is 12.1. The predicted molar refractivity (Wildman–Crippen MR) is 97.1 cm³/mol. The smallest absolute Gasteiger partial charge is 0.337 e. The maximum Gasteiger partial charge on any atom is 0.337 e. The topological polar surface area (TPSA) is 103 Å². The van der Waals surface area contributed by atoms with E-state index < -0.39 is 18.0 Å². The Morgan fingerprint density at radius 2 is 1.89 bits per heavy atom. The molecule has 0 saturated carbocycles. The van der Waals surface area contributed by atoms with E-state index in [1.54, 1.807) is 6.92 Å². The minimum Gasteiger partial charge on any atom is -0.494 e. The highest BCUT2D eigenvalue weighted by Gasteiger charge is 2.24. The van der Waals surface area contributed by atoms with Crippen molar-refractivity contribution in [3.8, 4) is 5.75 Å². The molecule has 8 heteroatoms. The van der Waals surface area contributed by atoms with Crippen LogP contribution in [-0.2, 0) is 25.5 Å². The number of hydrogen-bond donors (Lipinski definition) is 2. The van der Waals surface area contributed by atoms with Gasteiger partial charge in [-0.15, -0.1) is 0 Å². The van der Waals surface area contributed by atoms with Crippen LogP contribution in [0.3, 0.4) is 0 Å². The summed E-state index contributed by atoms with van der Waals surface area (Å²) in [6.07, 6.45) is 0.616. The molecule has 1 aromatic carbocycles. The van der Waals surface area contributed by atoms with Crippen molar-refractivity contribution in [3.63, 3.8) is 0 Å². The number of ether oxygens (including phenoxy) is 3. The van der Waals surface area contributed by atoms with Crippen molar-refractivity contribution in [3.05, 3.63) is 41.1 Å². The number of aryl methyl sites for hydroxylation is 1. The van der Waals surface area contributed by atoms with Gasteiger partial charge in [0, 0.05) is 6.42 Å². The molecule has 27 heavy (non-hydrogen) atoms. The van der Waals surface area contributed by atoms with Gasteiger partial charge >= 0.3 is 18.0 Å². The average molecular weight is 376 g/mol. The third-order valence-electron chi connectivity index (χ3n) is 3.82. The lowest BCUT2D eigenvalue weighted by atomic mass is 10.1. The summed E-state index contributed by atoms with van der Waals surface area (Å²) >= 11 is 0. The van der Waals surface area contributed by atoms with Crippen molar-refractivity contribution in [2.75, 3.05) is 26.4 Å². The molecule has 146 valence electrons. The van der Waals surface area contributed by atoms with Gasteiger partial charge < -0.3 is 24.8 Å². The zero-order chi connectivity index (χ0) is 19.6. The van der Waals surface area contributed by atoms with Crippen LogP contribution in [0.1, 0.15) is 25.8 Å². The van der Waals surface area contributed by atoms with Crippen LogP contribution in [0.5, 0.6) is 5.75 Å². The number of para-hydroxylation sites is 1. The van der Waals surface area contributed by atoms with Gasteiger partial charge in [0.1, 0.15) is 12.4 Å². The molecule has 8 nitrogen and oxygen atoms in total. The first-order valence-corrected chi connectivity index (χ1v) is 8.85. The number of carbonyl (C=O) groups is 3. The molecule has 2 rings (SSSR count). The van der Waals surface area contributed by atoms with Crippen molar-refractivity contribution in [2.45, 2.75) is 26.7 Å². The number of benzene rings is 1. The summed E-state index contributed by atoms with van der Waals surface area (Å²) in [6.45, 7) is 4.16. The van der Waals surface area contributed by atoms with E-state index in [0.717, 1.165) is 11.3 Å². The van der Waals surface area contributed by atoms with Crippen LogP contribution in [0.2, 0.25) is 0 Å². The number of amides is 2. The van der Waals surface area contributed by atoms with Crippen LogP contribution in [-0.4, -0.2) is 44.3 Å². The third-order valence-corrected chi connectivity index (χ3v) is 3.82. The molecule has 1 heterocycles. The molecule has 0 unspecified atom stereocenters. The van der Waals surface area contributed by atoms with Crippen LogP contribution in [0.4, 0.5) is 4.79 Å². The standard InChI is InChI=1S/C19H24N2O6/c1-3-25-16-8-6-5-7-13(16)9-10-17(22)27-12-15-14(18(23)26-4-2)11-20-19(24)21-15/h5-8H,3-4,9-12H2,1-2H3,(H2,20,21,24). The first-order chi connectivity index (χ1) is 13.0. The van der Waals surface area contributed by atoms with Crippen molar-refractivity contribution < 1.29 is 28.6 Å². The molecule has 2 N–H and O–H groups in total. The number of nitrogens with one attached hydrogen (secondary N) is 2. The van der Waals surface area contributed by atoms with Crippen LogP contribution >= 0.6 is 0 Å². The average Bonchev–Trinajstić information content (AvgIpc) is 2.66. The Labute approximate surface area is 157 Å². The first kappa shape index (κ1) is 20.3. The van der Waals surface area contributed by atoms with Gasteiger partial charge in [-0.05, 0) is 31.9 Å². The van der Waals surface area contributed by atoms with E-state index in [1.807, 2.05) is 31.2 Å². The molecule has 0 radical (unpaired) electrons. The zero-order valence-corrected chi connectivity index (χ0v) is 15.5. The van der Waals surface area contributed by atoms with E-state index in [4.69, 9.17) is 14.2 Å². The van der Waals surface area contributed by atoms with Gasteiger partial charge in [-0.25, -0.2) is 9.59 Å². The largest absolute Gasteiger partial charge is 0.494 e. The van der Waals surface area contributed by atoms with Crippen LogP contribution in [0.25, 0.3) is 0 Å². The molecule has 1 aliphatic heterocycles. The summed E-state index contributed by atoms with van der Waals surface area (Å²) in [5.74, 6) is -0.253. The summed E-state index contributed by atoms with van der Waals surface area (Å²) in [6, 6.07) is 7.04. The number of rotatable bonds is 9. The molecule has 0 fully saturated rings. The Kier molecular flexibility index (Phi) is 7.66. The molecule has 0 aliphatic carbocycles. The van der Waals surface area contributed by atoms with Gasteiger partial charge in [0.15, 0.2) is 0 Å². The highest BCUT2D eigenvalue weighted by molar-refractivity contribution is 5.93. The summed E-state index contributed by atoms with van der Waals surface area (Å²) in [7, 11) is 0. The lowest BCUT2D eigenvalue weighted by molar-refractivity contribution is -0.143. The van der Waals surface area contributed by atoms with Gasteiger partial charge in [-0.2, -0.15) is 0 Å². The summed E-state index contributed by atoms with van der Waals surface area (Å²) in [4.78, 5) is 35.5. The van der Waals surface area contributed by atoms with Crippen molar-refractivity contribution >= 4 is 18.0 Å². The zero-order valence-electron chi connectivity index (χ0n) is 15.5. The quantitative estimate of drug-likeness (QED) is 0.636. The lowest BCUT2D eigenvalue weighted by Crippen LogP contribution is -2.45. The second-order valence-corrected chi connectivity index (χ2v) is 5.69. The second kappa shape index (κ2) is 10.2. The van der Waals surface area contributed by atoms with Gasteiger partial charge in [-0.1, -0.05) is 18.2 Å². The van der Waals surface area contributed by atoms with Gasteiger partial charge in [-0.3, -0.25) is 4.79 Å². The van der Waals surface area contributed by atoms with Gasteiger partial charge in [0.25, 0.3) is 0 Å². The summed E-state index contributed by atoms with van der Waals surface area (Å²) in [5, 5.41) is 4.98. The Morgan fingerprint density at radius 3 is 2.63 bits per heavy atom. The molecular weight excluding hydrogens is 352 g/mol. The third kappa shape index (κ3) is 6.02. The molecule has 0 bridgehead atoms. The molecule has 1 aromatic rings. The number of hydrogen-bond acceptors (Lipinski definition) is 6. The number of esters is 2. The minimum atomic E-state index is -0.554. The Balaban J connectivity index is 1.93. The number of carbonyl (C=O) groups excluding carboxylic acids is 3. The maximum absolute atomic E-state index is 12.1. The van der Waals surface area contributed by atoms with E-state index in [1.165, 1.54) is 0 Å². The normalized spacial score (nSPS) is 13.5. The Hall–Kier alpha value is -3.03. The van der Waals surface area contributed by atoms with Crippen LogP contribution < -0.4 is 15.4 Å². The molecule has 0 saturated heterocycles. The van der Waals surface area contributed by atoms with E-state index in [0.29, 0.717) is 13.0 Å². The minimum absolute atomic E-state index is 0.0271. The van der Waals surface area contributed by atoms with Gasteiger partial charge in [0.2, 0.25) is 0 Å². The molecule has 2 amide bonds. The first-order valence-electron chi connectivity index (χ1n) is 8.85. The van der Waals surface area contributed by atoms with E-state index in [-0.39, 0.29) is 37.4 Å². The molecule has 0 atom stereocenters. The molecule has 0 aromatic heterocycles. The Bertz CT molecular complexity index is 729. The van der Waals surface area contributed by atoms with Crippen LogP contribution in [0, 0.1) is 0 Å². The molecule has 1 aliphatic rings. The van der Waals surface area contributed by atoms with Crippen molar-refractivity contribution in [1.29, 1.82) is 0 Å². The van der Waals surface area contributed by atoms with E-state index in [2.05, 4.69) is 10.6 Å². The predicted octanol–water partition coefficient (Wildman–Crippen LogP) is 1.69. The molecule has 0 spiro atoms. The lowest BCUT2D eigenvalue weighted by Gasteiger charge is -2.21. The number of urea groups is 1. The fourth-order valence-electron chi connectivity index (χ4n) is 2.54. The van der Waals surface area contributed by atoms with Crippen molar-refractivity contribution in [2.24, 2.45) is 0 Å². The SMILES string of the molecule is CCOC(=O)C1=C(COC(=O)CCc2ccccc2OCC)NC(=O)NC1. The van der Waals surface area contributed by atoms with Crippen molar-refractivity contribution in [1.82, 2.24) is 10.6 Å².